The van der Waals surface area contributed by atoms with Gasteiger partial charge in [0.1, 0.15) is 0 Å². The maximum atomic E-state index is 11.2. The van der Waals surface area contributed by atoms with Gasteiger partial charge in [0.15, 0.2) is 0 Å². The van der Waals surface area contributed by atoms with Crippen LogP contribution in [-0.2, 0) is 0 Å². The fourth-order valence-electron chi connectivity index (χ4n) is 1.74. The van der Waals surface area contributed by atoms with Gasteiger partial charge in [-0.25, -0.2) is 9.59 Å². The lowest BCUT2D eigenvalue weighted by Gasteiger charge is -2.08. The molecule has 0 fully saturated rings. The zero-order chi connectivity index (χ0) is 12.6. The predicted molar refractivity (Wildman–Crippen MR) is 70.6 cm³/mol. The molecule has 86 valence electrons. The third-order valence-electron chi connectivity index (χ3n) is 2.44. The molecule has 2 N–H and O–H groups in total. The van der Waals surface area contributed by atoms with E-state index < -0.39 is 11.9 Å². The summed E-state index contributed by atoms with van der Waals surface area (Å²) >= 11 is 1.89. The molecule has 0 heterocycles. The normalized spacial score (nSPS) is 10.4. The number of carbonyl (C=O) groups is 2. The van der Waals surface area contributed by atoms with Gasteiger partial charge < -0.3 is 10.2 Å². The molecular formula is C12H7IO4. The number of carboxylic acid groups (broad SMARTS) is 2. The summed E-state index contributed by atoms with van der Waals surface area (Å²) in [5.41, 5.74) is 0.0551. The van der Waals surface area contributed by atoms with Gasteiger partial charge in [0.2, 0.25) is 0 Å². The lowest BCUT2D eigenvalue weighted by atomic mass is 9.99. The number of aromatic carboxylic acids is 2. The summed E-state index contributed by atoms with van der Waals surface area (Å²) in [4.78, 5) is 22.3. The van der Waals surface area contributed by atoms with Gasteiger partial charge in [0.25, 0.3) is 0 Å². The predicted octanol–water partition coefficient (Wildman–Crippen LogP) is 2.84. The van der Waals surface area contributed by atoms with Crippen LogP contribution in [0.25, 0.3) is 10.8 Å². The Bertz CT molecular complexity index is 634. The van der Waals surface area contributed by atoms with E-state index in [0.29, 0.717) is 8.96 Å². The number of halogens is 1. The van der Waals surface area contributed by atoms with Crippen molar-refractivity contribution >= 4 is 45.3 Å². The van der Waals surface area contributed by atoms with Crippen molar-refractivity contribution in [2.75, 3.05) is 0 Å². The Balaban J connectivity index is 2.99. The number of carboxylic acids is 2. The Morgan fingerprint density at radius 2 is 1.71 bits per heavy atom. The van der Waals surface area contributed by atoms with Crippen molar-refractivity contribution in [2.24, 2.45) is 0 Å². The Hall–Kier alpha value is -1.63. The van der Waals surface area contributed by atoms with Crippen molar-refractivity contribution < 1.29 is 19.8 Å². The van der Waals surface area contributed by atoms with Crippen molar-refractivity contribution in [2.45, 2.75) is 0 Å². The maximum Gasteiger partial charge on any atom is 0.337 e. The van der Waals surface area contributed by atoms with Gasteiger partial charge in [0, 0.05) is 8.96 Å². The van der Waals surface area contributed by atoms with Crippen LogP contribution in [-0.4, -0.2) is 22.2 Å². The third kappa shape index (κ3) is 1.97. The number of hydrogen-bond acceptors (Lipinski definition) is 2. The minimum atomic E-state index is -1.12. The minimum Gasteiger partial charge on any atom is -0.478 e. The molecule has 2 rings (SSSR count). The Labute approximate surface area is 110 Å². The highest BCUT2D eigenvalue weighted by Crippen LogP contribution is 2.27. The smallest absolute Gasteiger partial charge is 0.337 e. The Morgan fingerprint density at radius 1 is 1.00 bits per heavy atom. The van der Waals surface area contributed by atoms with Crippen molar-refractivity contribution in [3.05, 3.63) is 45.0 Å². The third-order valence-corrected chi connectivity index (χ3v) is 3.34. The van der Waals surface area contributed by atoms with Crippen LogP contribution >= 0.6 is 22.6 Å². The second-order valence-corrected chi connectivity index (χ2v) is 4.60. The summed E-state index contributed by atoms with van der Waals surface area (Å²) in [5, 5.41) is 19.1. The molecule has 0 saturated carbocycles. The molecule has 0 spiro atoms. The first kappa shape index (κ1) is 11.8. The molecule has 4 nitrogen and oxygen atoms in total. The van der Waals surface area contributed by atoms with Crippen LogP contribution in [0.5, 0.6) is 0 Å². The number of hydrogen-bond donors (Lipinski definition) is 2. The zero-order valence-electron chi connectivity index (χ0n) is 8.48. The largest absolute Gasteiger partial charge is 0.478 e. The summed E-state index contributed by atoms with van der Waals surface area (Å²) in [6.07, 6.45) is 0. The first-order valence-corrected chi connectivity index (χ1v) is 5.78. The Kier molecular flexibility index (Phi) is 3.01. The highest BCUT2D eigenvalue weighted by atomic mass is 127. The molecule has 0 bridgehead atoms. The molecule has 0 atom stereocenters. The second kappa shape index (κ2) is 4.33. The van der Waals surface area contributed by atoms with Gasteiger partial charge in [-0.15, -0.1) is 0 Å². The summed E-state index contributed by atoms with van der Waals surface area (Å²) in [5.74, 6) is -2.24. The number of fused-ring (bicyclic) bond motifs is 1. The summed E-state index contributed by atoms with van der Waals surface area (Å²) in [7, 11) is 0. The van der Waals surface area contributed by atoms with E-state index in [1.807, 2.05) is 22.6 Å². The molecular weight excluding hydrogens is 335 g/mol. The van der Waals surface area contributed by atoms with Crippen LogP contribution in [0.1, 0.15) is 20.7 Å². The molecule has 0 aromatic heterocycles. The lowest BCUT2D eigenvalue weighted by Crippen LogP contribution is -2.06. The van der Waals surface area contributed by atoms with Crippen LogP contribution in [0.15, 0.2) is 30.3 Å². The fraction of sp³-hybridized carbons (Fsp3) is 0. The van der Waals surface area contributed by atoms with E-state index in [9.17, 15) is 14.7 Å². The zero-order valence-corrected chi connectivity index (χ0v) is 10.6. The van der Waals surface area contributed by atoms with Crippen LogP contribution in [0.3, 0.4) is 0 Å². The monoisotopic (exact) mass is 342 g/mol. The van der Waals surface area contributed by atoms with Crippen LogP contribution in [0.2, 0.25) is 0 Å². The number of rotatable bonds is 2. The molecule has 0 unspecified atom stereocenters. The minimum absolute atomic E-state index is 0.0124. The van der Waals surface area contributed by atoms with Gasteiger partial charge in [-0.2, -0.15) is 0 Å². The average Bonchev–Trinajstić information content (AvgIpc) is 2.27. The topological polar surface area (TPSA) is 74.6 Å². The maximum absolute atomic E-state index is 11.2. The first-order valence-electron chi connectivity index (χ1n) is 4.70. The highest BCUT2D eigenvalue weighted by Gasteiger charge is 2.18. The van der Waals surface area contributed by atoms with E-state index in [1.54, 1.807) is 24.3 Å². The quantitative estimate of drug-likeness (QED) is 0.823. The molecule has 0 aliphatic rings. The molecule has 0 amide bonds. The van der Waals surface area contributed by atoms with Crippen LogP contribution in [0, 0.1) is 3.57 Å². The molecule has 2 aromatic rings. The van der Waals surface area contributed by atoms with Crippen LogP contribution < -0.4 is 0 Å². The van der Waals surface area contributed by atoms with E-state index in [4.69, 9.17) is 5.11 Å². The van der Waals surface area contributed by atoms with E-state index in [1.165, 1.54) is 6.07 Å². The van der Waals surface area contributed by atoms with Crippen molar-refractivity contribution in [1.82, 2.24) is 0 Å². The van der Waals surface area contributed by atoms with E-state index >= 15 is 0 Å². The SMILES string of the molecule is O=C(O)c1cccc2ccc(I)c(C(=O)O)c12. The standard InChI is InChI=1S/C12H7IO4/c13-8-5-4-6-2-1-3-7(11(14)15)9(6)10(8)12(16)17/h1-5H,(H,14,15)(H,16,17). The summed E-state index contributed by atoms with van der Waals surface area (Å²) in [6.45, 7) is 0. The molecule has 0 aliphatic carbocycles. The number of benzene rings is 2. The molecule has 2 aromatic carbocycles. The van der Waals surface area contributed by atoms with Crippen LogP contribution in [0.4, 0.5) is 0 Å². The molecule has 0 saturated heterocycles. The fourth-order valence-corrected chi connectivity index (χ4v) is 2.42. The highest BCUT2D eigenvalue weighted by molar-refractivity contribution is 14.1. The van der Waals surface area contributed by atoms with E-state index in [2.05, 4.69) is 0 Å². The molecule has 17 heavy (non-hydrogen) atoms. The van der Waals surface area contributed by atoms with Gasteiger partial charge in [-0.1, -0.05) is 18.2 Å². The average molecular weight is 342 g/mol. The first-order chi connectivity index (χ1) is 8.02. The van der Waals surface area contributed by atoms with Gasteiger partial charge in [-0.05, 0) is 40.1 Å². The second-order valence-electron chi connectivity index (χ2n) is 3.44. The van der Waals surface area contributed by atoms with Crippen molar-refractivity contribution in [3.8, 4) is 0 Å². The van der Waals surface area contributed by atoms with Crippen molar-refractivity contribution in [3.63, 3.8) is 0 Å². The van der Waals surface area contributed by atoms with Gasteiger partial charge in [-0.3, -0.25) is 0 Å². The molecule has 0 aliphatic heterocycles. The molecule has 5 heteroatoms. The van der Waals surface area contributed by atoms with E-state index in [-0.39, 0.29) is 16.5 Å². The van der Waals surface area contributed by atoms with E-state index in [0.717, 1.165) is 0 Å². The Morgan fingerprint density at radius 3 is 2.29 bits per heavy atom. The van der Waals surface area contributed by atoms with Crippen molar-refractivity contribution in [1.29, 1.82) is 0 Å². The van der Waals surface area contributed by atoms with Gasteiger partial charge in [0.05, 0.1) is 11.1 Å². The van der Waals surface area contributed by atoms with Gasteiger partial charge >= 0.3 is 11.9 Å². The summed E-state index contributed by atoms with van der Waals surface area (Å²) < 4.78 is 0.524. The lowest BCUT2D eigenvalue weighted by molar-refractivity contribution is 0.0694. The summed E-state index contributed by atoms with van der Waals surface area (Å²) in [6, 6.07) is 8.09. The molecule has 0 radical (unpaired) electrons.